The van der Waals surface area contributed by atoms with Crippen molar-refractivity contribution in [2.24, 2.45) is 0 Å². The van der Waals surface area contributed by atoms with Crippen LogP contribution in [-0.2, 0) is 4.74 Å². The number of hydrogen-bond acceptors (Lipinski definition) is 1. The maximum atomic E-state index is 13.1. The molecule has 0 saturated heterocycles. The maximum absolute atomic E-state index is 13.1. The Morgan fingerprint density at radius 3 is 2.92 bits per heavy atom. The van der Waals surface area contributed by atoms with Gasteiger partial charge in [-0.25, -0.2) is 4.39 Å². The molecule has 0 heterocycles. The highest BCUT2D eigenvalue weighted by Crippen LogP contribution is 2.18. The Morgan fingerprint density at radius 1 is 1.50 bits per heavy atom. The summed E-state index contributed by atoms with van der Waals surface area (Å²) in [5.41, 5.74) is 0.421. The van der Waals surface area contributed by atoms with Crippen LogP contribution in [0.2, 0.25) is 5.02 Å². The third-order valence-corrected chi connectivity index (χ3v) is 1.66. The maximum Gasteiger partial charge on any atom is 0.149 e. The number of halogens is 2. The van der Waals surface area contributed by atoms with Gasteiger partial charge in [0.05, 0.1) is 18.4 Å². The molecule has 64 valence electrons. The minimum atomic E-state index is -0.424. The van der Waals surface area contributed by atoms with Crippen LogP contribution >= 0.6 is 11.6 Å². The van der Waals surface area contributed by atoms with E-state index in [9.17, 15) is 4.39 Å². The van der Waals surface area contributed by atoms with Crippen LogP contribution in [0.3, 0.4) is 0 Å². The SMILES string of the molecule is CO/C=C/c1cccc(Cl)c1F. The summed E-state index contributed by atoms with van der Waals surface area (Å²) in [5.74, 6) is -0.424. The molecule has 0 saturated carbocycles. The molecule has 0 amide bonds. The fourth-order valence-electron chi connectivity index (χ4n) is 0.791. The number of rotatable bonds is 2. The molecule has 0 aromatic heterocycles. The Morgan fingerprint density at radius 2 is 2.25 bits per heavy atom. The van der Waals surface area contributed by atoms with Crippen molar-refractivity contribution in [3.8, 4) is 0 Å². The van der Waals surface area contributed by atoms with E-state index >= 15 is 0 Å². The molecule has 12 heavy (non-hydrogen) atoms. The molecule has 1 nitrogen and oxygen atoms in total. The summed E-state index contributed by atoms with van der Waals surface area (Å²) in [6.45, 7) is 0. The topological polar surface area (TPSA) is 9.23 Å². The zero-order valence-corrected chi connectivity index (χ0v) is 7.31. The summed E-state index contributed by atoms with van der Waals surface area (Å²) in [5, 5.41) is 0.119. The van der Waals surface area contributed by atoms with Crippen molar-refractivity contribution in [1.82, 2.24) is 0 Å². The molecule has 1 aromatic rings. The van der Waals surface area contributed by atoms with Gasteiger partial charge in [-0.15, -0.1) is 0 Å². The Kier molecular flexibility index (Phi) is 3.11. The number of benzene rings is 1. The molecule has 0 aliphatic heterocycles. The van der Waals surface area contributed by atoms with Crippen LogP contribution in [0.4, 0.5) is 4.39 Å². The average Bonchev–Trinajstić information content (AvgIpc) is 2.08. The van der Waals surface area contributed by atoms with Gasteiger partial charge in [-0.1, -0.05) is 23.7 Å². The first-order valence-corrected chi connectivity index (χ1v) is 3.77. The van der Waals surface area contributed by atoms with Gasteiger partial charge in [-0.3, -0.25) is 0 Å². The summed E-state index contributed by atoms with van der Waals surface area (Å²) >= 11 is 5.54. The van der Waals surface area contributed by atoms with E-state index in [0.717, 1.165) is 0 Å². The second kappa shape index (κ2) is 4.12. The molecule has 1 aromatic carbocycles. The fraction of sp³-hybridized carbons (Fsp3) is 0.111. The molecule has 0 atom stereocenters. The minimum absolute atomic E-state index is 0.119. The molecule has 0 unspecified atom stereocenters. The first-order chi connectivity index (χ1) is 5.75. The molecule has 0 aliphatic carbocycles. The van der Waals surface area contributed by atoms with E-state index in [1.807, 2.05) is 0 Å². The summed E-state index contributed by atoms with van der Waals surface area (Å²) in [6, 6.07) is 4.80. The van der Waals surface area contributed by atoms with E-state index in [-0.39, 0.29) is 5.02 Å². The van der Waals surface area contributed by atoms with E-state index in [1.165, 1.54) is 25.5 Å². The van der Waals surface area contributed by atoms with Crippen molar-refractivity contribution < 1.29 is 9.13 Å². The predicted octanol–water partition coefficient (Wildman–Crippen LogP) is 3.10. The Bertz CT molecular complexity index is 297. The Balaban J connectivity index is 3.00. The van der Waals surface area contributed by atoms with Gasteiger partial charge >= 0.3 is 0 Å². The molecule has 1 rings (SSSR count). The molecular weight excluding hydrogens is 179 g/mol. The van der Waals surface area contributed by atoms with Gasteiger partial charge in [-0.2, -0.15) is 0 Å². The molecule has 0 radical (unpaired) electrons. The summed E-state index contributed by atoms with van der Waals surface area (Å²) in [6.07, 6.45) is 2.91. The van der Waals surface area contributed by atoms with Crippen LogP contribution in [0.1, 0.15) is 5.56 Å². The second-order valence-electron chi connectivity index (χ2n) is 2.18. The number of hydrogen-bond donors (Lipinski definition) is 0. The van der Waals surface area contributed by atoms with Gasteiger partial charge in [0.15, 0.2) is 0 Å². The van der Waals surface area contributed by atoms with E-state index in [2.05, 4.69) is 4.74 Å². The lowest BCUT2D eigenvalue weighted by Gasteiger charge is -1.97. The normalized spacial score (nSPS) is 10.6. The zero-order chi connectivity index (χ0) is 8.97. The van der Waals surface area contributed by atoms with Crippen molar-refractivity contribution in [3.63, 3.8) is 0 Å². The second-order valence-corrected chi connectivity index (χ2v) is 2.59. The highest BCUT2D eigenvalue weighted by molar-refractivity contribution is 6.30. The average molecular weight is 187 g/mol. The fourth-order valence-corrected chi connectivity index (χ4v) is 0.972. The summed E-state index contributed by atoms with van der Waals surface area (Å²) < 4.78 is 17.7. The summed E-state index contributed by atoms with van der Waals surface area (Å²) in [7, 11) is 1.50. The van der Waals surface area contributed by atoms with Crippen molar-refractivity contribution in [2.75, 3.05) is 7.11 Å². The lowest BCUT2D eigenvalue weighted by Crippen LogP contribution is -1.82. The van der Waals surface area contributed by atoms with Crippen molar-refractivity contribution in [2.45, 2.75) is 0 Å². The molecule has 0 aliphatic rings. The lowest BCUT2D eigenvalue weighted by atomic mass is 10.2. The van der Waals surface area contributed by atoms with Gasteiger partial charge in [0.25, 0.3) is 0 Å². The van der Waals surface area contributed by atoms with Crippen LogP contribution in [0.25, 0.3) is 6.08 Å². The lowest BCUT2D eigenvalue weighted by molar-refractivity contribution is 0.341. The highest BCUT2D eigenvalue weighted by Gasteiger charge is 2.01. The van der Waals surface area contributed by atoms with E-state index < -0.39 is 5.82 Å². The van der Waals surface area contributed by atoms with E-state index in [0.29, 0.717) is 5.56 Å². The minimum Gasteiger partial charge on any atom is -0.504 e. The smallest absolute Gasteiger partial charge is 0.149 e. The quantitative estimate of drug-likeness (QED) is 0.645. The Labute approximate surface area is 75.4 Å². The molecule has 0 spiro atoms. The molecule has 3 heteroatoms. The van der Waals surface area contributed by atoms with Gasteiger partial charge in [0.2, 0.25) is 0 Å². The Hall–Kier alpha value is -1.02. The largest absolute Gasteiger partial charge is 0.504 e. The van der Waals surface area contributed by atoms with Crippen molar-refractivity contribution in [1.29, 1.82) is 0 Å². The van der Waals surface area contributed by atoms with Crippen LogP contribution in [-0.4, -0.2) is 7.11 Å². The van der Waals surface area contributed by atoms with Crippen molar-refractivity contribution >= 4 is 17.7 Å². The molecular formula is C9H8ClFO. The first-order valence-electron chi connectivity index (χ1n) is 3.39. The van der Waals surface area contributed by atoms with Crippen LogP contribution in [0.5, 0.6) is 0 Å². The standard InChI is InChI=1S/C9H8ClFO/c1-12-6-5-7-3-2-4-8(10)9(7)11/h2-6H,1H3/b6-5+. The van der Waals surface area contributed by atoms with Crippen LogP contribution < -0.4 is 0 Å². The molecule has 0 N–H and O–H groups in total. The van der Waals surface area contributed by atoms with Crippen LogP contribution in [0.15, 0.2) is 24.5 Å². The molecule has 0 fully saturated rings. The zero-order valence-electron chi connectivity index (χ0n) is 6.55. The monoisotopic (exact) mass is 186 g/mol. The summed E-state index contributed by atoms with van der Waals surface area (Å²) in [4.78, 5) is 0. The highest BCUT2D eigenvalue weighted by atomic mass is 35.5. The van der Waals surface area contributed by atoms with Gasteiger partial charge in [-0.05, 0) is 12.1 Å². The van der Waals surface area contributed by atoms with Gasteiger partial charge in [0.1, 0.15) is 5.82 Å². The van der Waals surface area contributed by atoms with Gasteiger partial charge < -0.3 is 4.74 Å². The van der Waals surface area contributed by atoms with Crippen LogP contribution in [0, 0.1) is 5.82 Å². The van der Waals surface area contributed by atoms with E-state index in [4.69, 9.17) is 11.6 Å². The number of ether oxygens (including phenoxy) is 1. The predicted molar refractivity (Wildman–Crippen MR) is 47.5 cm³/mol. The molecule has 0 bridgehead atoms. The van der Waals surface area contributed by atoms with E-state index in [1.54, 1.807) is 12.1 Å². The van der Waals surface area contributed by atoms with Gasteiger partial charge in [0, 0.05) is 5.56 Å². The van der Waals surface area contributed by atoms with Crippen molar-refractivity contribution in [3.05, 3.63) is 40.9 Å². The third-order valence-electron chi connectivity index (χ3n) is 1.37. The number of methoxy groups -OCH3 is 1. The third kappa shape index (κ3) is 1.98. The first kappa shape index (κ1) is 9.07.